The zero-order valence-corrected chi connectivity index (χ0v) is 19.1. The molecule has 0 unspecified atom stereocenters. The van der Waals surface area contributed by atoms with Gasteiger partial charge in [0.2, 0.25) is 0 Å². The Balaban J connectivity index is 1.35. The summed E-state index contributed by atoms with van der Waals surface area (Å²) in [6.07, 6.45) is 1.53. The minimum absolute atomic E-state index is 0.00251. The number of fused-ring (bicyclic) bond motifs is 1. The van der Waals surface area contributed by atoms with Crippen molar-refractivity contribution >= 4 is 57.3 Å². The van der Waals surface area contributed by atoms with E-state index in [1.807, 2.05) is 42.5 Å². The first-order chi connectivity index (χ1) is 16.4. The van der Waals surface area contributed by atoms with Gasteiger partial charge in [-0.25, -0.2) is 4.79 Å². The number of hydrogen-bond donors (Lipinski definition) is 1. The van der Waals surface area contributed by atoms with E-state index in [9.17, 15) is 14.4 Å². The quantitative estimate of drug-likeness (QED) is 0.314. The van der Waals surface area contributed by atoms with Gasteiger partial charge in [0, 0.05) is 11.6 Å². The molecule has 2 amide bonds. The maximum absolute atomic E-state index is 12.9. The van der Waals surface area contributed by atoms with Gasteiger partial charge in [0.15, 0.2) is 0 Å². The third-order valence-electron chi connectivity index (χ3n) is 5.41. The first kappa shape index (κ1) is 22.0. The Kier molecular flexibility index (Phi) is 5.73. The Bertz CT molecular complexity index is 1510. The molecule has 1 aliphatic rings. The molecule has 0 spiro atoms. The number of aromatic carboxylic acids is 1. The molecule has 5 rings (SSSR count). The molecular formula is C26H16ClNO5S. The lowest BCUT2D eigenvalue weighted by molar-refractivity contribution is -0.123. The fourth-order valence-electron chi connectivity index (χ4n) is 3.71. The highest BCUT2D eigenvalue weighted by Crippen LogP contribution is 2.35. The molecule has 1 aromatic heterocycles. The maximum Gasteiger partial charge on any atom is 0.337 e. The van der Waals surface area contributed by atoms with Gasteiger partial charge in [-0.15, -0.1) is 0 Å². The van der Waals surface area contributed by atoms with E-state index >= 15 is 0 Å². The van der Waals surface area contributed by atoms with Crippen LogP contribution in [0.1, 0.15) is 21.7 Å². The first-order valence-electron chi connectivity index (χ1n) is 10.2. The van der Waals surface area contributed by atoms with Gasteiger partial charge in [-0.3, -0.25) is 14.5 Å². The second-order valence-corrected chi connectivity index (χ2v) is 9.05. The van der Waals surface area contributed by atoms with E-state index in [4.69, 9.17) is 21.1 Å². The highest BCUT2D eigenvalue weighted by Gasteiger charge is 2.35. The molecule has 2 heterocycles. The SMILES string of the molecule is O=C(O)c1ccc(-c2ccc(/C=C3\SC(=O)N(Cc4ccc5ccccc5c4)C3=O)o2)cc1Cl. The summed E-state index contributed by atoms with van der Waals surface area (Å²) in [4.78, 5) is 38.1. The van der Waals surface area contributed by atoms with E-state index in [0.29, 0.717) is 17.1 Å². The number of carboxylic acids is 1. The Morgan fingerprint density at radius 3 is 2.56 bits per heavy atom. The number of halogens is 1. The van der Waals surface area contributed by atoms with Crippen molar-refractivity contribution in [3.05, 3.63) is 99.6 Å². The molecule has 4 aromatic rings. The largest absolute Gasteiger partial charge is 0.478 e. The summed E-state index contributed by atoms with van der Waals surface area (Å²) in [5, 5.41) is 11.0. The zero-order chi connectivity index (χ0) is 23.8. The summed E-state index contributed by atoms with van der Waals surface area (Å²) in [6, 6.07) is 21.6. The van der Waals surface area contributed by atoms with Gasteiger partial charge in [-0.1, -0.05) is 54.1 Å². The lowest BCUT2D eigenvalue weighted by Gasteiger charge is -2.13. The number of amides is 2. The molecular weight excluding hydrogens is 474 g/mol. The zero-order valence-electron chi connectivity index (χ0n) is 17.5. The highest BCUT2D eigenvalue weighted by molar-refractivity contribution is 8.18. The minimum atomic E-state index is -1.11. The number of benzene rings is 3. The van der Waals surface area contributed by atoms with Crippen molar-refractivity contribution in [3.8, 4) is 11.3 Å². The molecule has 8 heteroatoms. The van der Waals surface area contributed by atoms with Crippen LogP contribution < -0.4 is 0 Å². The first-order valence-corrected chi connectivity index (χ1v) is 11.4. The van der Waals surface area contributed by atoms with Gasteiger partial charge in [0.1, 0.15) is 11.5 Å². The number of nitrogens with zero attached hydrogens (tertiary/aromatic N) is 1. The summed E-state index contributed by atoms with van der Waals surface area (Å²) < 4.78 is 5.79. The highest BCUT2D eigenvalue weighted by atomic mass is 35.5. The third kappa shape index (κ3) is 4.23. The molecule has 3 aromatic carbocycles. The van der Waals surface area contributed by atoms with Crippen molar-refractivity contribution in [2.45, 2.75) is 6.54 Å². The van der Waals surface area contributed by atoms with Crippen LogP contribution in [0.3, 0.4) is 0 Å². The molecule has 1 N–H and O–H groups in total. The molecule has 0 atom stereocenters. The Hall–Kier alpha value is -3.81. The number of hydrogen-bond acceptors (Lipinski definition) is 5. The Morgan fingerprint density at radius 1 is 1.00 bits per heavy atom. The van der Waals surface area contributed by atoms with E-state index in [1.54, 1.807) is 18.2 Å². The normalized spacial score (nSPS) is 15.0. The minimum Gasteiger partial charge on any atom is -0.478 e. The van der Waals surface area contributed by atoms with Crippen LogP contribution in [0.2, 0.25) is 5.02 Å². The van der Waals surface area contributed by atoms with Gasteiger partial charge in [0.05, 0.1) is 22.0 Å². The van der Waals surface area contributed by atoms with E-state index in [2.05, 4.69) is 0 Å². The van der Waals surface area contributed by atoms with Gasteiger partial charge in [-0.05, 0) is 58.4 Å². The van der Waals surface area contributed by atoms with Crippen LogP contribution >= 0.6 is 23.4 Å². The van der Waals surface area contributed by atoms with Crippen molar-refractivity contribution < 1.29 is 23.9 Å². The van der Waals surface area contributed by atoms with Crippen LogP contribution in [0, 0.1) is 0 Å². The molecule has 1 saturated heterocycles. The third-order valence-corrected chi connectivity index (χ3v) is 6.63. The van der Waals surface area contributed by atoms with Gasteiger partial charge >= 0.3 is 5.97 Å². The predicted molar refractivity (Wildman–Crippen MR) is 132 cm³/mol. The van der Waals surface area contributed by atoms with Crippen molar-refractivity contribution in [1.29, 1.82) is 0 Å². The Labute approximate surface area is 203 Å². The van der Waals surface area contributed by atoms with Gasteiger partial charge in [-0.2, -0.15) is 0 Å². The van der Waals surface area contributed by atoms with Crippen LogP contribution in [0.5, 0.6) is 0 Å². The standard InChI is InChI=1S/C26H16ClNO5S/c27-21-12-18(7-9-20(21)25(30)31)22-10-8-19(33-22)13-23-24(29)28(26(32)34-23)14-15-5-6-16-3-1-2-4-17(16)11-15/h1-13H,14H2,(H,30,31)/b23-13-. The van der Waals surface area contributed by atoms with E-state index in [-0.39, 0.29) is 33.2 Å². The average Bonchev–Trinajstić information content (AvgIpc) is 3.39. The fourth-order valence-corrected chi connectivity index (χ4v) is 4.79. The molecule has 0 aliphatic carbocycles. The second-order valence-electron chi connectivity index (χ2n) is 7.65. The van der Waals surface area contributed by atoms with E-state index < -0.39 is 5.97 Å². The van der Waals surface area contributed by atoms with Crippen molar-refractivity contribution in [2.75, 3.05) is 0 Å². The molecule has 1 aliphatic heterocycles. The number of thioether (sulfide) groups is 1. The Morgan fingerprint density at radius 2 is 1.79 bits per heavy atom. The molecule has 168 valence electrons. The number of carbonyl (C=O) groups is 3. The van der Waals surface area contributed by atoms with Crippen molar-refractivity contribution in [1.82, 2.24) is 4.90 Å². The summed E-state index contributed by atoms with van der Waals surface area (Å²) >= 11 is 6.91. The molecule has 6 nitrogen and oxygen atoms in total. The van der Waals surface area contributed by atoms with Crippen LogP contribution in [0.15, 0.2) is 82.1 Å². The summed E-state index contributed by atoms with van der Waals surface area (Å²) in [6.45, 7) is 0.185. The van der Waals surface area contributed by atoms with E-state index in [0.717, 1.165) is 28.1 Å². The lowest BCUT2D eigenvalue weighted by Crippen LogP contribution is -2.27. The number of carbonyl (C=O) groups excluding carboxylic acids is 2. The number of furan rings is 1. The fraction of sp³-hybridized carbons (Fsp3) is 0.0385. The predicted octanol–water partition coefficient (Wildman–Crippen LogP) is 6.69. The topological polar surface area (TPSA) is 87.8 Å². The van der Waals surface area contributed by atoms with Gasteiger partial charge < -0.3 is 9.52 Å². The molecule has 0 bridgehead atoms. The molecule has 1 fully saturated rings. The smallest absolute Gasteiger partial charge is 0.337 e. The van der Waals surface area contributed by atoms with Crippen LogP contribution in [0.25, 0.3) is 28.2 Å². The molecule has 0 saturated carbocycles. The summed E-state index contributed by atoms with van der Waals surface area (Å²) in [5.41, 5.74) is 1.46. The maximum atomic E-state index is 12.9. The average molecular weight is 490 g/mol. The number of imide groups is 1. The van der Waals surface area contributed by atoms with Crippen molar-refractivity contribution in [3.63, 3.8) is 0 Å². The number of carboxylic acid groups (broad SMARTS) is 1. The molecule has 0 radical (unpaired) electrons. The van der Waals surface area contributed by atoms with Crippen LogP contribution in [0.4, 0.5) is 4.79 Å². The van der Waals surface area contributed by atoms with Crippen molar-refractivity contribution in [2.24, 2.45) is 0 Å². The number of rotatable bonds is 5. The van der Waals surface area contributed by atoms with Crippen LogP contribution in [-0.2, 0) is 11.3 Å². The summed E-state index contributed by atoms with van der Waals surface area (Å²) in [5.74, 6) is -0.642. The monoisotopic (exact) mass is 489 g/mol. The van der Waals surface area contributed by atoms with Crippen LogP contribution in [-0.4, -0.2) is 27.1 Å². The van der Waals surface area contributed by atoms with Gasteiger partial charge in [0.25, 0.3) is 11.1 Å². The lowest BCUT2D eigenvalue weighted by atomic mass is 10.1. The van der Waals surface area contributed by atoms with E-state index in [1.165, 1.54) is 23.1 Å². The second kappa shape index (κ2) is 8.85. The summed E-state index contributed by atoms with van der Waals surface area (Å²) in [7, 11) is 0. The molecule has 34 heavy (non-hydrogen) atoms.